The van der Waals surface area contributed by atoms with Gasteiger partial charge in [-0.25, -0.2) is 9.97 Å². The predicted octanol–water partition coefficient (Wildman–Crippen LogP) is 2.62. The van der Waals surface area contributed by atoms with Crippen LogP contribution >= 0.6 is 0 Å². The summed E-state index contributed by atoms with van der Waals surface area (Å²) in [6.45, 7) is 2.17. The molecule has 1 saturated heterocycles. The summed E-state index contributed by atoms with van der Waals surface area (Å²) in [7, 11) is 0. The number of hydrogen-bond acceptors (Lipinski definition) is 7. The zero-order valence-electron chi connectivity index (χ0n) is 14.4. The predicted molar refractivity (Wildman–Crippen MR) is 92.8 cm³/mol. The van der Waals surface area contributed by atoms with Gasteiger partial charge in [0.25, 0.3) is 0 Å². The third-order valence-corrected chi connectivity index (χ3v) is 6.33. The maximum absolute atomic E-state index is 6.18. The lowest BCUT2D eigenvalue weighted by Crippen LogP contribution is -2.29. The molecular weight excluding hydrogens is 316 g/mol. The summed E-state index contributed by atoms with van der Waals surface area (Å²) in [5, 5.41) is 7.57. The lowest BCUT2D eigenvalue weighted by atomic mass is 9.92. The highest BCUT2D eigenvalue weighted by atomic mass is 16.5. The van der Waals surface area contributed by atoms with Crippen molar-refractivity contribution in [1.82, 2.24) is 25.4 Å². The molecule has 132 valence electrons. The summed E-state index contributed by atoms with van der Waals surface area (Å²) in [6.07, 6.45) is 10.1. The van der Waals surface area contributed by atoms with Crippen molar-refractivity contribution in [3.63, 3.8) is 0 Å². The Labute approximate surface area is 146 Å². The van der Waals surface area contributed by atoms with E-state index in [4.69, 9.17) is 10.3 Å². The number of nitrogens with two attached hydrogens (primary N) is 1. The molecule has 1 aliphatic heterocycles. The molecule has 7 heteroatoms. The quantitative estimate of drug-likeness (QED) is 0.885. The molecule has 2 saturated carbocycles. The van der Waals surface area contributed by atoms with Crippen molar-refractivity contribution in [1.29, 1.82) is 0 Å². The van der Waals surface area contributed by atoms with Gasteiger partial charge < -0.3 is 15.6 Å². The Hall–Kier alpha value is -2.02. The van der Waals surface area contributed by atoms with E-state index in [2.05, 4.69) is 25.4 Å². The first kappa shape index (κ1) is 15.3. The molecule has 1 unspecified atom stereocenters. The first-order chi connectivity index (χ1) is 12.3. The monoisotopic (exact) mass is 340 g/mol. The third-order valence-electron chi connectivity index (χ3n) is 6.33. The number of anilines is 1. The van der Waals surface area contributed by atoms with Gasteiger partial charge >= 0.3 is 0 Å². The van der Waals surface area contributed by atoms with Crippen molar-refractivity contribution in [2.45, 2.75) is 56.8 Å². The molecule has 0 aromatic carbocycles. The van der Waals surface area contributed by atoms with E-state index in [-0.39, 0.29) is 0 Å². The molecule has 3 aliphatic rings. The average Bonchev–Trinajstić information content (AvgIpc) is 3.07. The largest absolute Gasteiger partial charge is 0.383 e. The summed E-state index contributed by atoms with van der Waals surface area (Å²) < 4.78 is 5.56. The summed E-state index contributed by atoms with van der Waals surface area (Å²) >= 11 is 0. The Morgan fingerprint density at radius 2 is 1.96 bits per heavy atom. The van der Waals surface area contributed by atoms with E-state index >= 15 is 0 Å². The van der Waals surface area contributed by atoms with E-state index in [1.54, 1.807) is 6.20 Å². The number of nitrogens with one attached hydrogen (secondary N) is 1. The van der Waals surface area contributed by atoms with Gasteiger partial charge in [0.1, 0.15) is 11.6 Å². The van der Waals surface area contributed by atoms with Crippen molar-refractivity contribution in [2.75, 3.05) is 18.8 Å². The molecule has 1 spiro atoms. The molecule has 1 atom stereocenters. The minimum atomic E-state index is 0.378. The fourth-order valence-electron chi connectivity index (χ4n) is 4.62. The van der Waals surface area contributed by atoms with E-state index in [9.17, 15) is 0 Å². The van der Waals surface area contributed by atoms with Crippen LogP contribution in [0.1, 0.15) is 68.5 Å². The highest BCUT2D eigenvalue weighted by molar-refractivity contribution is 5.66. The summed E-state index contributed by atoms with van der Waals surface area (Å²) in [6, 6.07) is 0. The second-order valence-corrected chi connectivity index (χ2v) is 7.83. The van der Waals surface area contributed by atoms with Crippen LogP contribution in [0.15, 0.2) is 10.7 Å². The zero-order valence-corrected chi connectivity index (χ0v) is 14.4. The normalized spacial score (nSPS) is 25.5. The average molecular weight is 340 g/mol. The molecule has 0 radical (unpaired) electrons. The van der Waals surface area contributed by atoms with Gasteiger partial charge in [0, 0.05) is 18.0 Å². The highest BCUT2D eigenvalue weighted by Gasteiger charge is 2.57. The van der Waals surface area contributed by atoms with E-state index in [1.807, 2.05) is 0 Å². The van der Waals surface area contributed by atoms with Gasteiger partial charge in [-0.2, -0.15) is 4.98 Å². The Kier molecular flexibility index (Phi) is 3.51. The van der Waals surface area contributed by atoms with Crippen molar-refractivity contribution in [3.8, 4) is 11.4 Å². The molecule has 5 rings (SSSR count). The molecule has 3 heterocycles. The molecule has 25 heavy (non-hydrogen) atoms. The fourth-order valence-corrected chi connectivity index (χ4v) is 4.62. The zero-order chi connectivity index (χ0) is 16.9. The van der Waals surface area contributed by atoms with Crippen LogP contribution in [0.25, 0.3) is 11.4 Å². The van der Waals surface area contributed by atoms with Gasteiger partial charge in [0.2, 0.25) is 11.7 Å². The number of rotatable bonds is 3. The number of aromatic nitrogens is 4. The van der Waals surface area contributed by atoms with Gasteiger partial charge in [-0.15, -0.1) is 0 Å². The van der Waals surface area contributed by atoms with Crippen LogP contribution in [0, 0.1) is 5.41 Å². The van der Waals surface area contributed by atoms with Crippen molar-refractivity contribution in [2.24, 2.45) is 5.41 Å². The lowest BCUT2D eigenvalue weighted by Gasteiger charge is -2.22. The van der Waals surface area contributed by atoms with Gasteiger partial charge in [-0.05, 0) is 50.6 Å². The second kappa shape index (κ2) is 5.76. The Balaban J connectivity index is 1.37. The fraction of sp³-hybridized carbons (Fsp3) is 0.667. The topological polar surface area (TPSA) is 103 Å². The van der Waals surface area contributed by atoms with Crippen LogP contribution in [0.2, 0.25) is 0 Å². The SMILES string of the molecule is Nc1nc(C2CCCC2)ncc1-c1noc(C2CC23CCNCC3)n1. The minimum absolute atomic E-state index is 0.378. The number of piperidine rings is 1. The molecule has 0 bridgehead atoms. The Morgan fingerprint density at radius 1 is 1.16 bits per heavy atom. The molecule has 2 aliphatic carbocycles. The van der Waals surface area contributed by atoms with Crippen LogP contribution in [0.4, 0.5) is 5.82 Å². The minimum Gasteiger partial charge on any atom is -0.383 e. The van der Waals surface area contributed by atoms with E-state index in [1.165, 1.54) is 25.7 Å². The smallest absolute Gasteiger partial charge is 0.230 e. The molecular formula is C18H24N6O. The van der Waals surface area contributed by atoms with E-state index in [0.717, 1.165) is 44.1 Å². The standard InChI is InChI=1S/C18H24N6O/c19-14-12(10-21-15(22-14)11-3-1-2-4-11)16-23-17(25-24-16)13-9-18(13)5-7-20-8-6-18/h10-11,13,20H,1-9H2,(H2,19,21,22). The summed E-state index contributed by atoms with van der Waals surface area (Å²) in [5.74, 6) is 3.42. The third kappa shape index (κ3) is 2.61. The van der Waals surface area contributed by atoms with Crippen LogP contribution in [-0.4, -0.2) is 33.2 Å². The van der Waals surface area contributed by atoms with Gasteiger partial charge in [-0.1, -0.05) is 18.0 Å². The highest BCUT2D eigenvalue weighted by Crippen LogP contribution is 2.63. The van der Waals surface area contributed by atoms with Crippen LogP contribution in [-0.2, 0) is 0 Å². The number of nitrogen functional groups attached to an aromatic ring is 1. The van der Waals surface area contributed by atoms with Crippen molar-refractivity contribution in [3.05, 3.63) is 17.9 Å². The first-order valence-electron chi connectivity index (χ1n) is 9.42. The second-order valence-electron chi connectivity index (χ2n) is 7.83. The Bertz CT molecular complexity index is 776. The van der Waals surface area contributed by atoms with E-state index in [0.29, 0.717) is 34.5 Å². The van der Waals surface area contributed by atoms with Crippen molar-refractivity contribution < 1.29 is 4.52 Å². The van der Waals surface area contributed by atoms with Crippen LogP contribution in [0.3, 0.4) is 0 Å². The van der Waals surface area contributed by atoms with Gasteiger partial charge in [0.05, 0.1) is 5.56 Å². The van der Waals surface area contributed by atoms with Crippen LogP contribution < -0.4 is 11.1 Å². The molecule has 3 N–H and O–H groups in total. The lowest BCUT2D eigenvalue weighted by molar-refractivity contribution is 0.311. The maximum atomic E-state index is 6.18. The molecule has 2 aromatic rings. The van der Waals surface area contributed by atoms with Crippen LogP contribution in [0.5, 0.6) is 0 Å². The molecule has 0 amide bonds. The maximum Gasteiger partial charge on any atom is 0.230 e. The first-order valence-corrected chi connectivity index (χ1v) is 9.42. The van der Waals surface area contributed by atoms with Gasteiger partial charge in [0.15, 0.2) is 0 Å². The van der Waals surface area contributed by atoms with Gasteiger partial charge in [-0.3, -0.25) is 0 Å². The number of nitrogens with zero attached hydrogens (tertiary/aromatic N) is 4. The van der Waals surface area contributed by atoms with Crippen molar-refractivity contribution >= 4 is 5.82 Å². The van der Waals surface area contributed by atoms with E-state index < -0.39 is 0 Å². The molecule has 3 fully saturated rings. The number of hydrogen-bond donors (Lipinski definition) is 2. The summed E-state index contributed by atoms with van der Waals surface area (Å²) in [4.78, 5) is 13.7. The Morgan fingerprint density at radius 3 is 2.72 bits per heavy atom. The molecule has 7 nitrogen and oxygen atoms in total. The molecule has 2 aromatic heterocycles. The summed E-state index contributed by atoms with van der Waals surface area (Å²) in [5.41, 5.74) is 7.23.